The molecule has 22 heavy (non-hydrogen) atoms. The van der Waals surface area contributed by atoms with Gasteiger partial charge in [0, 0.05) is 25.5 Å². The molecule has 0 N–H and O–H groups in total. The highest BCUT2D eigenvalue weighted by atomic mass is 32.1. The molecule has 118 valence electrons. The van der Waals surface area contributed by atoms with Gasteiger partial charge in [0.2, 0.25) is 0 Å². The van der Waals surface area contributed by atoms with E-state index in [0.717, 1.165) is 45.7 Å². The third-order valence-electron chi connectivity index (χ3n) is 5.31. The van der Waals surface area contributed by atoms with Crippen molar-refractivity contribution in [3.8, 4) is 0 Å². The summed E-state index contributed by atoms with van der Waals surface area (Å²) in [5.41, 5.74) is 1.10. The Kier molecular flexibility index (Phi) is 3.29. The fourth-order valence-corrected chi connectivity index (χ4v) is 5.20. The minimum Gasteiger partial charge on any atom is -0.337 e. The Morgan fingerprint density at radius 3 is 2.64 bits per heavy atom. The van der Waals surface area contributed by atoms with Crippen molar-refractivity contribution in [1.29, 1.82) is 0 Å². The molecule has 2 atom stereocenters. The second kappa shape index (κ2) is 5.08. The van der Waals surface area contributed by atoms with Crippen LogP contribution in [0.2, 0.25) is 0 Å². The number of nitrogens with zero attached hydrogens (tertiary/aromatic N) is 3. The molecule has 5 heteroatoms. The van der Waals surface area contributed by atoms with Crippen molar-refractivity contribution in [2.45, 2.75) is 39.0 Å². The lowest BCUT2D eigenvalue weighted by Gasteiger charge is -2.16. The van der Waals surface area contributed by atoms with Gasteiger partial charge in [-0.2, -0.15) is 5.10 Å². The number of hydrogen-bond donors (Lipinski definition) is 0. The van der Waals surface area contributed by atoms with Crippen LogP contribution in [0.25, 0.3) is 10.2 Å². The van der Waals surface area contributed by atoms with Crippen LogP contribution in [0.3, 0.4) is 0 Å². The molecule has 2 aromatic heterocycles. The molecular formula is C17H23N3OS. The highest BCUT2D eigenvalue weighted by molar-refractivity contribution is 7.20. The van der Waals surface area contributed by atoms with Crippen LogP contribution in [-0.2, 0) is 7.05 Å². The standard InChI is InChI=1S/C17H23N3OS/c1-10(2)15-13-7-14(22-17(13)19(3)18-15)16(21)20-8-11-5-4-6-12(11)9-20/h7,10-12H,4-6,8-9H2,1-3H3. The van der Waals surface area contributed by atoms with Crippen molar-refractivity contribution in [2.75, 3.05) is 13.1 Å². The van der Waals surface area contributed by atoms with E-state index in [9.17, 15) is 4.79 Å². The van der Waals surface area contributed by atoms with E-state index >= 15 is 0 Å². The predicted octanol–water partition coefficient (Wildman–Crippen LogP) is 3.63. The first-order valence-electron chi connectivity index (χ1n) is 8.30. The highest BCUT2D eigenvalue weighted by Gasteiger charge is 2.38. The Balaban J connectivity index is 1.64. The Hall–Kier alpha value is -1.36. The monoisotopic (exact) mass is 317 g/mol. The first kappa shape index (κ1) is 14.2. The third-order valence-corrected chi connectivity index (χ3v) is 6.50. The molecule has 0 bridgehead atoms. The molecule has 1 amide bonds. The van der Waals surface area contributed by atoms with E-state index in [1.54, 1.807) is 11.3 Å². The molecule has 3 heterocycles. The summed E-state index contributed by atoms with van der Waals surface area (Å²) in [7, 11) is 1.97. The lowest BCUT2D eigenvalue weighted by molar-refractivity contribution is 0.0785. The fourth-order valence-electron chi connectivity index (χ4n) is 4.15. The zero-order valence-corrected chi connectivity index (χ0v) is 14.3. The lowest BCUT2D eigenvalue weighted by atomic mass is 10.0. The van der Waals surface area contributed by atoms with Gasteiger partial charge in [0.1, 0.15) is 4.83 Å². The average molecular weight is 317 g/mol. The van der Waals surface area contributed by atoms with E-state index in [4.69, 9.17) is 0 Å². The summed E-state index contributed by atoms with van der Waals surface area (Å²) in [6.07, 6.45) is 3.97. The van der Waals surface area contributed by atoms with Crippen LogP contribution in [0.15, 0.2) is 6.07 Å². The Labute approximate surface area is 135 Å². The number of amides is 1. The van der Waals surface area contributed by atoms with E-state index in [1.165, 1.54) is 19.3 Å². The van der Waals surface area contributed by atoms with Gasteiger partial charge in [-0.25, -0.2) is 0 Å². The Morgan fingerprint density at radius 2 is 2.00 bits per heavy atom. The molecule has 1 aliphatic carbocycles. The van der Waals surface area contributed by atoms with Crippen LogP contribution in [0.4, 0.5) is 0 Å². The summed E-state index contributed by atoms with van der Waals surface area (Å²) in [4.78, 5) is 16.9. The van der Waals surface area contributed by atoms with Gasteiger partial charge >= 0.3 is 0 Å². The first-order chi connectivity index (χ1) is 10.5. The maximum Gasteiger partial charge on any atom is 0.264 e. The van der Waals surface area contributed by atoms with E-state index < -0.39 is 0 Å². The SMILES string of the molecule is CC(C)c1nn(C)c2sc(C(=O)N3CC4CCCC4C3)cc12. The van der Waals surface area contributed by atoms with Crippen LogP contribution in [0.1, 0.15) is 54.4 Å². The van der Waals surface area contributed by atoms with Crippen molar-refractivity contribution >= 4 is 27.5 Å². The zero-order chi connectivity index (χ0) is 15.4. The van der Waals surface area contributed by atoms with Crippen molar-refractivity contribution < 1.29 is 4.79 Å². The first-order valence-corrected chi connectivity index (χ1v) is 9.12. The number of fused-ring (bicyclic) bond motifs is 2. The van der Waals surface area contributed by atoms with Crippen LogP contribution in [0.5, 0.6) is 0 Å². The number of aryl methyl sites for hydroxylation is 1. The summed E-state index contributed by atoms with van der Waals surface area (Å²) < 4.78 is 1.92. The quantitative estimate of drug-likeness (QED) is 0.848. The summed E-state index contributed by atoms with van der Waals surface area (Å²) in [5.74, 6) is 2.12. The second-order valence-electron chi connectivity index (χ2n) is 7.15. The van der Waals surface area contributed by atoms with Gasteiger partial charge in [0.25, 0.3) is 5.91 Å². The van der Waals surface area contributed by atoms with Crippen molar-refractivity contribution in [1.82, 2.24) is 14.7 Å². The topological polar surface area (TPSA) is 38.1 Å². The number of likely N-dealkylation sites (tertiary alicyclic amines) is 1. The molecule has 2 aromatic rings. The number of carbonyl (C=O) groups excluding carboxylic acids is 1. The molecule has 2 unspecified atom stereocenters. The van der Waals surface area contributed by atoms with Gasteiger partial charge in [0.05, 0.1) is 10.6 Å². The highest BCUT2D eigenvalue weighted by Crippen LogP contribution is 2.39. The average Bonchev–Trinajstić information content (AvgIpc) is 3.17. The Bertz CT molecular complexity index is 718. The van der Waals surface area contributed by atoms with Crippen LogP contribution >= 0.6 is 11.3 Å². The molecule has 1 saturated carbocycles. The van der Waals surface area contributed by atoms with E-state index in [1.807, 2.05) is 11.7 Å². The second-order valence-corrected chi connectivity index (χ2v) is 8.18. The molecule has 2 aliphatic rings. The van der Waals surface area contributed by atoms with Crippen LogP contribution in [-0.4, -0.2) is 33.7 Å². The molecule has 0 aromatic carbocycles. The third kappa shape index (κ3) is 2.09. The summed E-state index contributed by atoms with van der Waals surface area (Å²) in [5, 5.41) is 5.75. The normalized spacial score (nSPS) is 24.6. The van der Waals surface area contributed by atoms with Crippen molar-refractivity contribution in [3.05, 3.63) is 16.6 Å². The maximum atomic E-state index is 12.8. The molecule has 0 radical (unpaired) electrons. The van der Waals surface area contributed by atoms with E-state index in [-0.39, 0.29) is 5.91 Å². The number of rotatable bonds is 2. The van der Waals surface area contributed by atoms with E-state index in [2.05, 4.69) is 29.9 Å². The zero-order valence-electron chi connectivity index (χ0n) is 13.5. The molecule has 4 nitrogen and oxygen atoms in total. The summed E-state index contributed by atoms with van der Waals surface area (Å²) in [6.45, 7) is 6.24. The largest absolute Gasteiger partial charge is 0.337 e. The maximum absolute atomic E-state index is 12.8. The van der Waals surface area contributed by atoms with Crippen LogP contribution < -0.4 is 0 Å². The minimum atomic E-state index is 0.227. The molecule has 4 rings (SSSR count). The van der Waals surface area contributed by atoms with E-state index in [0.29, 0.717) is 5.92 Å². The minimum absolute atomic E-state index is 0.227. The predicted molar refractivity (Wildman–Crippen MR) is 89.4 cm³/mol. The molecule has 1 saturated heterocycles. The molecule has 0 spiro atoms. The smallest absolute Gasteiger partial charge is 0.264 e. The molecule has 2 fully saturated rings. The van der Waals surface area contributed by atoms with Gasteiger partial charge in [-0.1, -0.05) is 20.3 Å². The molecular weight excluding hydrogens is 294 g/mol. The number of aromatic nitrogens is 2. The van der Waals surface area contributed by atoms with Gasteiger partial charge in [-0.15, -0.1) is 11.3 Å². The number of hydrogen-bond acceptors (Lipinski definition) is 3. The number of carbonyl (C=O) groups is 1. The lowest BCUT2D eigenvalue weighted by Crippen LogP contribution is -2.28. The van der Waals surface area contributed by atoms with Gasteiger partial charge in [-0.3, -0.25) is 9.48 Å². The summed E-state index contributed by atoms with van der Waals surface area (Å²) >= 11 is 1.59. The Morgan fingerprint density at radius 1 is 1.32 bits per heavy atom. The summed E-state index contributed by atoms with van der Waals surface area (Å²) in [6, 6.07) is 2.07. The van der Waals surface area contributed by atoms with Gasteiger partial charge < -0.3 is 4.90 Å². The fraction of sp³-hybridized carbons (Fsp3) is 0.647. The van der Waals surface area contributed by atoms with Gasteiger partial charge in [0.15, 0.2) is 0 Å². The van der Waals surface area contributed by atoms with Gasteiger partial charge in [-0.05, 0) is 36.7 Å². The molecule has 1 aliphatic heterocycles. The van der Waals surface area contributed by atoms with Crippen molar-refractivity contribution in [3.63, 3.8) is 0 Å². The van der Waals surface area contributed by atoms with Crippen LogP contribution in [0, 0.1) is 11.8 Å². The van der Waals surface area contributed by atoms with Crippen molar-refractivity contribution in [2.24, 2.45) is 18.9 Å². The number of thiophene rings is 1.